The highest BCUT2D eigenvalue weighted by Crippen LogP contribution is 2.20. The molecule has 76 valence electrons. The van der Waals surface area contributed by atoms with Gasteiger partial charge in [-0.05, 0) is 19.3 Å². The van der Waals surface area contributed by atoms with E-state index in [1.807, 2.05) is 7.05 Å². The molecule has 0 N–H and O–H groups in total. The van der Waals surface area contributed by atoms with Crippen molar-refractivity contribution in [3.8, 4) is 0 Å². The first-order chi connectivity index (χ1) is 6.74. The lowest BCUT2D eigenvalue weighted by Gasteiger charge is -2.02. The molecule has 1 aliphatic rings. The SMILES string of the molecule is CCc1nc2c(n1C)CCCCC2=O. The first-order valence-electron chi connectivity index (χ1n) is 5.31. The van der Waals surface area contributed by atoms with Gasteiger partial charge in [-0.2, -0.15) is 0 Å². The number of rotatable bonds is 1. The summed E-state index contributed by atoms with van der Waals surface area (Å²) < 4.78 is 2.10. The van der Waals surface area contributed by atoms with E-state index in [9.17, 15) is 4.79 Å². The second-order valence-corrected chi connectivity index (χ2v) is 3.87. The predicted molar refractivity (Wildman–Crippen MR) is 54.5 cm³/mol. The van der Waals surface area contributed by atoms with E-state index >= 15 is 0 Å². The Bertz CT molecular complexity index is 366. The number of aromatic nitrogens is 2. The normalized spacial score (nSPS) is 16.6. The molecule has 2 rings (SSSR count). The van der Waals surface area contributed by atoms with E-state index in [-0.39, 0.29) is 5.78 Å². The van der Waals surface area contributed by atoms with Crippen LogP contribution in [0.5, 0.6) is 0 Å². The van der Waals surface area contributed by atoms with Crippen molar-refractivity contribution in [1.82, 2.24) is 9.55 Å². The number of carbonyl (C=O) groups is 1. The Morgan fingerprint density at radius 3 is 2.79 bits per heavy atom. The molecule has 3 heteroatoms. The van der Waals surface area contributed by atoms with Gasteiger partial charge in [-0.15, -0.1) is 0 Å². The fraction of sp³-hybridized carbons (Fsp3) is 0.636. The smallest absolute Gasteiger partial charge is 0.183 e. The number of nitrogens with zero attached hydrogens (tertiary/aromatic N) is 2. The zero-order valence-corrected chi connectivity index (χ0v) is 8.84. The minimum Gasteiger partial charge on any atom is -0.334 e. The Morgan fingerprint density at radius 1 is 1.36 bits per heavy atom. The molecule has 14 heavy (non-hydrogen) atoms. The predicted octanol–water partition coefficient (Wildman–Crippen LogP) is 1.89. The van der Waals surface area contributed by atoms with Gasteiger partial charge in [-0.1, -0.05) is 6.92 Å². The fourth-order valence-electron chi connectivity index (χ4n) is 2.11. The number of imidazole rings is 1. The average molecular weight is 192 g/mol. The maximum Gasteiger partial charge on any atom is 0.183 e. The molecular weight excluding hydrogens is 176 g/mol. The van der Waals surface area contributed by atoms with E-state index in [1.54, 1.807) is 0 Å². The number of fused-ring (bicyclic) bond motifs is 1. The molecule has 0 aliphatic heterocycles. The summed E-state index contributed by atoms with van der Waals surface area (Å²) in [5.74, 6) is 1.26. The first kappa shape index (κ1) is 9.44. The van der Waals surface area contributed by atoms with Gasteiger partial charge in [0.05, 0.1) is 0 Å². The topological polar surface area (TPSA) is 34.9 Å². The van der Waals surface area contributed by atoms with Crippen molar-refractivity contribution >= 4 is 5.78 Å². The molecule has 0 saturated carbocycles. The highest BCUT2D eigenvalue weighted by atomic mass is 16.1. The molecule has 0 amide bonds. The van der Waals surface area contributed by atoms with Crippen LogP contribution in [0.2, 0.25) is 0 Å². The summed E-state index contributed by atoms with van der Waals surface area (Å²) in [6, 6.07) is 0. The molecule has 0 spiro atoms. The van der Waals surface area contributed by atoms with Crippen molar-refractivity contribution < 1.29 is 4.79 Å². The van der Waals surface area contributed by atoms with Gasteiger partial charge >= 0.3 is 0 Å². The second kappa shape index (κ2) is 3.56. The van der Waals surface area contributed by atoms with E-state index in [0.29, 0.717) is 6.42 Å². The third-order valence-corrected chi connectivity index (χ3v) is 2.95. The van der Waals surface area contributed by atoms with Crippen LogP contribution in [0.15, 0.2) is 0 Å². The van der Waals surface area contributed by atoms with Crippen LogP contribution in [0, 0.1) is 0 Å². The molecule has 0 fully saturated rings. The molecule has 3 nitrogen and oxygen atoms in total. The van der Waals surface area contributed by atoms with Crippen molar-refractivity contribution in [1.29, 1.82) is 0 Å². The maximum absolute atomic E-state index is 11.7. The molecule has 0 bridgehead atoms. The van der Waals surface area contributed by atoms with Crippen molar-refractivity contribution in [2.45, 2.75) is 39.0 Å². The van der Waals surface area contributed by atoms with Crippen LogP contribution in [0.3, 0.4) is 0 Å². The summed E-state index contributed by atoms with van der Waals surface area (Å²) in [6.07, 6.45) is 4.70. The first-order valence-corrected chi connectivity index (χ1v) is 5.31. The minimum atomic E-state index is 0.229. The van der Waals surface area contributed by atoms with Crippen molar-refractivity contribution in [2.75, 3.05) is 0 Å². The molecular formula is C11H16N2O. The third kappa shape index (κ3) is 1.37. The van der Waals surface area contributed by atoms with E-state index in [0.717, 1.165) is 42.9 Å². The molecule has 1 aliphatic carbocycles. The zero-order chi connectivity index (χ0) is 10.1. The van der Waals surface area contributed by atoms with Gasteiger partial charge < -0.3 is 4.57 Å². The van der Waals surface area contributed by atoms with Gasteiger partial charge in [0.2, 0.25) is 0 Å². The van der Waals surface area contributed by atoms with Crippen LogP contribution in [-0.2, 0) is 19.9 Å². The third-order valence-electron chi connectivity index (χ3n) is 2.95. The Morgan fingerprint density at radius 2 is 2.07 bits per heavy atom. The number of hydrogen-bond acceptors (Lipinski definition) is 2. The Labute approximate surface area is 84.1 Å². The van der Waals surface area contributed by atoms with Crippen LogP contribution in [0.4, 0.5) is 0 Å². The number of aryl methyl sites for hydroxylation is 1. The fourth-order valence-corrected chi connectivity index (χ4v) is 2.11. The molecule has 1 aromatic heterocycles. The lowest BCUT2D eigenvalue weighted by atomic mass is 10.2. The van der Waals surface area contributed by atoms with E-state index in [4.69, 9.17) is 0 Å². The zero-order valence-electron chi connectivity index (χ0n) is 8.84. The van der Waals surface area contributed by atoms with Gasteiger partial charge in [-0.25, -0.2) is 4.98 Å². The minimum absolute atomic E-state index is 0.229. The van der Waals surface area contributed by atoms with Gasteiger partial charge in [0.15, 0.2) is 5.78 Å². The Balaban J connectivity index is 2.50. The van der Waals surface area contributed by atoms with Crippen LogP contribution in [0.25, 0.3) is 0 Å². The van der Waals surface area contributed by atoms with E-state index < -0.39 is 0 Å². The summed E-state index contributed by atoms with van der Waals surface area (Å²) in [5, 5.41) is 0. The monoisotopic (exact) mass is 192 g/mol. The lowest BCUT2D eigenvalue weighted by Crippen LogP contribution is -2.02. The largest absolute Gasteiger partial charge is 0.334 e. The highest BCUT2D eigenvalue weighted by molar-refractivity contribution is 5.95. The molecule has 1 heterocycles. The van der Waals surface area contributed by atoms with Crippen LogP contribution < -0.4 is 0 Å². The molecule has 0 atom stereocenters. The summed E-state index contributed by atoms with van der Waals surface area (Å²) in [7, 11) is 2.02. The molecule has 1 aromatic rings. The molecule has 0 aromatic carbocycles. The summed E-state index contributed by atoms with van der Waals surface area (Å²) in [5.41, 5.74) is 1.88. The summed E-state index contributed by atoms with van der Waals surface area (Å²) in [4.78, 5) is 16.1. The maximum atomic E-state index is 11.7. The number of ketones is 1. The van der Waals surface area contributed by atoms with Gasteiger partial charge in [0.25, 0.3) is 0 Å². The lowest BCUT2D eigenvalue weighted by molar-refractivity contribution is 0.0977. The van der Waals surface area contributed by atoms with E-state index in [2.05, 4.69) is 16.5 Å². The van der Waals surface area contributed by atoms with Crippen molar-refractivity contribution in [3.05, 3.63) is 17.2 Å². The second-order valence-electron chi connectivity index (χ2n) is 3.87. The number of Topliss-reactive ketones (excluding diaryl/α,β-unsaturated/α-hetero) is 1. The Hall–Kier alpha value is -1.12. The van der Waals surface area contributed by atoms with Crippen molar-refractivity contribution in [3.63, 3.8) is 0 Å². The highest BCUT2D eigenvalue weighted by Gasteiger charge is 2.21. The standard InChI is InChI=1S/C11H16N2O/c1-3-10-12-11-8(13(10)2)6-4-5-7-9(11)14/h3-7H2,1-2H3. The number of carbonyl (C=O) groups excluding carboxylic acids is 1. The molecule has 0 radical (unpaired) electrons. The molecule has 0 saturated heterocycles. The van der Waals surface area contributed by atoms with Crippen molar-refractivity contribution in [2.24, 2.45) is 7.05 Å². The summed E-state index contributed by atoms with van der Waals surface area (Å²) in [6.45, 7) is 2.08. The van der Waals surface area contributed by atoms with Gasteiger partial charge in [0.1, 0.15) is 11.5 Å². The van der Waals surface area contributed by atoms with E-state index in [1.165, 1.54) is 0 Å². The quantitative estimate of drug-likeness (QED) is 0.637. The van der Waals surface area contributed by atoms with Gasteiger partial charge in [-0.3, -0.25) is 4.79 Å². The summed E-state index contributed by atoms with van der Waals surface area (Å²) >= 11 is 0. The number of hydrogen-bond donors (Lipinski definition) is 0. The van der Waals surface area contributed by atoms with Crippen LogP contribution in [0.1, 0.15) is 48.2 Å². The average Bonchev–Trinajstić information content (AvgIpc) is 2.38. The molecule has 0 unspecified atom stereocenters. The van der Waals surface area contributed by atoms with Crippen LogP contribution >= 0.6 is 0 Å². The van der Waals surface area contributed by atoms with Crippen LogP contribution in [-0.4, -0.2) is 15.3 Å². The van der Waals surface area contributed by atoms with Gasteiger partial charge in [0, 0.05) is 25.6 Å². The Kier molecular flexibility index (Phi) is 2.40.